The molecule has 78 valence electrons. The quantitative estimate of drug-likeness (QED) is 0.363. The summed E-state index contributed by atoms with van der Waals surface area (Å²) in [5.41, 5.74) is 0. The van der Waals surface area contributed by atoms with Gasteiger partial charge in [0, 0.05) is 6.61 Å². The molecule has 4 heteroatoms. The van der Waals surface area contributed by atoms with Crippen molar-refractivity contribution in [1.29, 1.82) is 0 Å². The first kappa shape index (κ1) is 14.5. The van der Waals surface area contributed by atoms with Gasteiger partial charge in [0.05, 0.1) is 27.7 Å². The Morgan fingerprint density at radius 3 is 2.00 bits per heavy atom. The third-order valence-electron chi connectivity index (χ3n) is 1.27. The summed E-state index contributed by atoms with van der Waals surface area (Å²) < 4.78 is 4.95. The van der Waals surface area contributed by atoms with E-state index in [1.54, 1.807) is 0 Å². The van der Waals surface area contributed by atoms with Crippen LogP contribution in [0.2, 0.25) is 0 Å². The van der Waals surface area contributed by atoms with Gasteiger partial charge in [0.2, 0.25) is 0 Å². The van der Waals surface area contributed by atoms with Crippen LogP contribution in [-0.4, -0.2) is 44.9 Å². The molecule has 4 nitrogen and oxygen atoms in total. The van der Waals surface area contributed by atoms with Crippen LogP contribution in [-0.2, 0) is 4.74 Å². The van der Waals surface area contributed by atoms with Crippen molar-refractivity contribution in [3.63, 3.8) is 0 Å². The molecule has 0 atom stereocenters. The Morgan fingerprint density at radius 2 is 1.92 bits per heavy atom. The fraction of sp³-hybridized carbons (Fsp3) is 0.667. The first-order valence-electron chi connectivity index (χ1n) is 4.08. The molecule has 0 N–H and O–H groups in total. The monoisotopic (exact) mass is 189 g/mol. The van der Waals surface area contributed by atoms with Gasteiger partial charge in [-0.05, 0) is 6.92 Å². The summed E-state index contributed by atoms with van der Waals surface area (Å²) in [6.45, 7) is 6.61. The summed E-state index contributed by atoms with van der Waals surface area (Å²) in [4.78, 5) is 9.38. The lowest BCUT2D eigenvalue weighted by molar-refractivity contribution is -0.868. The number of carbonyl (C=O) groups is 1. The standard InChI is InChI=1S/C5H14N.C4H6O3/c1-5-6(2,3)4;1-2-3-7-4(5)6/h5H2,1-4H3;2H,1,3H2,(H,5,6)/q+1;/p-1. The minimum atomic E-state index is -1.51. The summed E-state index contributed by atoms with van der Waals surface area (Å²) in [5.74, 6) is 0. The average Bonchev–Trinajstić information content (AvgIpc) is 2.01. The van der Waals surface area contributed by atoms with Gasteiger partial charge in [-0.1, -0.05) is 6.08 Å². The Balaban J connectivity index is 0. The highest BCUT2D eigenvalue weighted by atomic mass is 16.7. The van der Waals surface area contributed by atoms with Crippen molar-refractivity contribution < 1.29 is 19.1 Å². The fourth-order valence-corrected chi connectivity index (χ4v) is 0.127. The molecular formula is C9H19NO3. The molecule has 0 heterocycles. The zero-order chi connectivity index (χ0) is 10.9. The number of hydrogen-bond acceptors (Lipinski definition) is 3. The minimum Gasteiger partial charge on any atom is -0.546 e. The fourth-order valence-electron chi connectivity index (χ4n) is 0.127. The van der Waals surface area contributed by atoms with Crippen LogP contribution in [0.25, 0.3) is 0 Å². The normalized spacial score (nSPS) is 9.54. The molecule has 13 heavy (non-hydrogen) atoms. The highest BCUT2D eigenvalue weighted by molar-refractivity contribution is 5.54. The molecule has 0 fully saturated rings. The van der Waals surface area contributed by atoms with Gasteiger partial charge in [0.1, 0.15) is 0 Å². The molecule has 0 saturated carbocycles. The van der Waals surface area contributed by atoms with Crippen molar-refractivity contribution in [2.75, 3.05) is 34.3 Å². The van der Waals surface area contributed by atoms with Gasteiger partial charge in [-0.25, -0.2) is 0 Å². The zero-order valence-electron chi connectivity index (χ0n) is 8.87. The number of carboxylic acid groups (broad SMARTS) is 1. The predicted octanol–water partition coefficient (Wildman–Crippen LogP) is 0.245. The Hall–Kier alpha value is -1.03. The van der Waals surface area contributed by atoms with Crippen LogP contribution in [0, 0.1) is 0 Å². The number of ether oxygens (including phenoxy) is 1. The Morgan fingerprint density at radius 1 is 1.54 bits per heavy atom. The van der Waals surface area contributed by atoms with Crippen LogP contribution in [0.5, 0.6) is 0 Å². The van der Waals surface area contributed by atoms with E-state index in [2.05, 4.69) is 39.4 Å². The lowest BCUT2D eigenvalue weighted by Crippen LogP contribution is -2.33. The molecule has 0 bridgehead atoms. The summed E-state index contributed by atoms with van der Waals surface area (Å²) in [6.07, 6.45) is -0.185. The lowest BCUT2D eigenvalue weighted by Gasteiger charge is -2.20. The Bertz CT molecular complexity index is 149. The van der Waals surface area contributed by atoms with E-state index in [0.29, 0.717) is 0 Å². The highest BCUT2D eigenvalue weighted by Gasteiger charge is 1.97. The molecule has 0 amide bonds. The van der Waals surface area contributed by atoms with Gasteiger partial charge in [-0.2, -0.15) is 0 Å². The Labute approximate surface area is 80.0 Å². The van der Waals surface area contributed by atoms with Crippen molar-refractivity contribution in [3.05, 3.63) is 12.7 Å². The number of hydrogen-bond donors (Lipinski definition) is 0. The first-order chi connectivity index (χ1) is 5.83. The number of carbonyl (C=O) groups excluding carboxylic acids is 1. The molecule has 0 aromatic heterocycles. The van der Waals surface area contributed by atoms with E-state index in [9.17, 15) is 9.90 Å². The summed E-state index contributed by atoms with van der Waals surface area (Å²) >= 11 is 0. The molecule has 0 saturated heterocycles. The van der Waals surface area contributed by atoms with Crippen molar-refractivity contribution in [2.45, 2.75) is 6.92 Å². The third-order valence-corrected chi connectivity index (χ3v) is 1.27. The lowest BCUT2D eigenvalue weighted by atomic mass is 10.6. The largest absolute Gasteiger partial charge is 0.546 e. The number of quaternary nitrogens is 1. The van der Waals surface area contributed by atoms with Gasteiger partial charge in [-0.15, -0.1) is 6.58 Å². The SMILES string of the molecule is C=CCOC(=O)[O-].CC[N+](C)(C)C. The summed E-state index contributed by atoms with van der Waals surface area (Å²) in [5, 5.41) is 9.38. The number of rotatable bonds is 3. The molecule has 0 aliphatic carbocycles. The van der Waals surface area contributed by atoms with Gasteiger partial charge in [0.15, 0.2) is 0 Å². The van der Waals surface area contributed by atoms with Gasteiger partial charge < -0.3 is 19.1 Å². The van der Waals surface area contributed by atoms with Crippen molar-refractivity contribution >= 4 is 6.16 Å². The highest BCUT2D eigenvalue weighted by Crippen LogP contribution is 1.83. The van der Waals surface area contributed by atoms with Crippen LogP contribution in [0.4, 0.5) is 4.79 Å². The van der Waals surface area contributed by atoms with E-state index >= 15 is 0 Å². The molecule has 0 aromatic rings. The molecular weight excluding hydrogens is 170 g/mol. The van der Waals surface area contributed by atoms with Crippen molar-refractivity contribution in [3.8, 4) is 0 Å². The smallest absolute Gasteiger partial charge is 0.252 e. The van der Waals surface area contributed by atoms with E-state index in [1.165, 1.54) is 12.6 Å². The maximum absolute atomic E-state index is 9.38. The zero-order valence-corrected chi connectivity index (χ0v) is 8.87. The second-order valence-electron chi connectivity index (χ2n) is 3.46. The summed E-state index contributed by atoms with van der Waals surface area (Å²) in [6, 6.07) is 0. The van der Waals surface area contributed by atoms with Crippen molar-refractivity contribution in [1.82, 2.24) is 0 Å². The first-order valence-corrected chi connectivity index (χ1v) is 4.08. The molecule has 0 aliphatic heterocycles. The van der Waals surface area contributed by atoms with E-state index in [1.807, 2.05) is 0 Å². The maximum Gasteiger partial charge on any atom is 0.252 e. The van der Waals surface area contributed by atoms with E-state index in [-0.39, 0.29) is 6.61 Å². The minimum absolute atomic E-state index is 0.00231. The van der Waals surface area contributed by atoms with E-state index in [4.69, 9.17) is 0 Å². The van der Waals surface area contributed by atoms with Crippen LogP contribution in [0.1, 0.15) is 6.92 Å². The second kappa shape index (κ2) is 7.61. The molecule has 0 aromatic carbocycles. The Kier molecular flexibility index (Phi) is 8.48. The van der Waals surface area contributed by atoms with Crippen LogP contribution in [0.3, 0.4) is 0 Å². The third kappa shape index (κ3) is 24.8. The topological polar surface area (TPSA) is 49.4 Å². The molecule has 0 unspecified atom stereocenters. The van der Waals surface area contributed by atoms with E-state index in [0.717, 1.165) is 4.48 Å². The van der Waals surface area contributed by atoms with Gasteiger partial charge in [0.25, 0.3) is 6.16 Å². The number of nitrogens with zero attached hydrogens (tertiary/aromatic N) is 1. The molecule has 0 aliphatic rings. The molecule has 0 spiro atoms. The molecule has 0 radical (unpaired) electrons. The maximum atomic E-state index is 9.38. The van der Waals surface area contributed by atoms with Crippen LogP contribution < -0.4 is 5.11 Å². The second-order valence-corrected chi connectivity index (χ2v) is 3.46. The van der Waals surface area contributed by atoms with Crippen LogP contribution >= 0.6 is 0 Å². The van der Waals surface area contributed by atoms with Gasteiger partial charge >= 0.3 is 0 Å². The van der Waals surface area contributed by atoms with Crippen molar-refractivity contribution in [2.24, 2.45) is 0 Å². The molecule has 0 rings (SSSR count). The van der Waals surface area contributed by atoms with E-state index < -0.39 is 6.16 Å². The van der Waals surface area contributed by atoms with Gasteiger partial charge in [-0.3, -0.25) is 0 Å². The average molecular weight is 189 g/mol. The predicted molar refractivity (Wildman–Crippen MR) is 50.1 cm³/mol. The van der Waals surface area contributed by atoms with Crippen LogP contribution in [0.15, 0.2) is 12.7 Å². The summed E-state index contributed by atoms with van der Waals surface area (Å²) in [7, 11) is 6.54.